The summed E-state index contributed by atoms with van der Waals surface area (Å²) in [5.74, 6) is -0.352. The molecule has 74 valence electrons. The van der Waals surface area contributed by atoms with Crippen LogP contribution in [0.1, 0.15) is 35.1 Å². The van der Waals surface area contributed by atoms with Gasteiger partial charge in [-0.25, -0.2) is 0 Å². The lowest BCUT2D eigenvalue weighted by Crippen LogP contribution is -2.16. The first-order valence-electron chi connectivity index (χ1n) is 4.77. The van der Waals surface area contributed by atoms with Gasteiger partial charge < -0.3 is 10.3 Å². The van der Waals surface area contributed by atoms with E-state index in [0.717, 1.165) is 12.8 Å². The summed E-state index contributed by atoms with van der Waals surface area (Å²) in [4.78, 5) is 11.1. The lowest BCUT2D eigenvalue weighted by molar-refractivity contribution is 0.0992. The number of allylic oxidation sites excluding steroid dienone is 2. The Bertz CT molecular complexity index is 427. The number of aromatic nitrogens is 1. The molecule has 0 saturated heterocycles. The standard InChI is InChI=1S/C11H14N2O/c1-7-4-3-5-9-8(7)6-10(11(12)14)13(9)2/h4,6H,3,5H2,1-2H3,(H2,12,14). The highest BCUT2D eigenvalue weighted by molar-refractivity contribution is 5.93. The van der Waals surface area contributed by atoms with E-state index in [4.69, 9.17) is 5.73 Å². The number of primary amides is 1. The van der Waals surface area contributed by atoms with Crippen molar-refractivity contribution >= 4 is 11.5 Å². The van der Waals surface area contributed by atoms with Crippen molar-refractivity contribution in [2.45, 2.75) is 19.8 Å². The molecule has 14 heavy (non-hydrogen) atoms. The van der Waals surface area contributed by atoms with Crippen LogP contribution in [-0.4, -0.2) is 10.5 Å². The van der Waals surface area contributed by atoms with E-state index in [0.29, 0.717) is 5.69 Å². The molecule has 1 aromatic heterocycles. The lowest BCUT2D eigenvalue weighted by atomic mass is 9.98. The lowest BCUT2D eigenvalue weighted by Gasteiger charge is -2.12. The highest BCUT2D eigenvalue weighted by Gasteiger charge is 2.18. The fraction of sp³-hybridized carbons (Fsp3) is 0.364. The highest BCUT2D eigenvalue weighted by atomic mass is 16.1. The largest absolute Gasteiger partial charge is 0.364 e. The molecule has 0 aromatic carbocycles. The fourth-order valence-corrected chi connectivity index (χ4v) is 2.06. The molecule has 0 unspecified atom stereocenters. The van der Waals surface area contributed by atoms with Gasteiger partial charge >= 0.3 is 0 Å². The Morgan fingerprint density at radius 2 is 2.29 bits per heavy atom. The smallest absolute Gasteiger partial charge is 0.265 e. The predicted octanol–water partition coefficient (Wildman–Crippen LogP) is 1.47. The Kier molecular flexibility index (Phi) is 1.95. The molecule has 2 rings (SSSR count). The van der Waals surface area contributed by atoms with Crippen LogP contribution in [0, 0.1) is 0 Å². The number of hydrogen-bond donors (Lipinski definition) is 1. The van der Waals surface area contributed by atoms with Crippen molar-refractivity contribution in [1.29, 1.82) is 0 Å². The van der Waals surface area contributed by atoms with Crippen LogP contribution in [0.3, 0.4) is 0 Å². The zero-order chi connectivity index (χ0) is 10.3. The summed E-state index contributed by atoms with van der Waals surface area (Å²) in [6.07, 6.45) is 4.25. The number of hydrogen-bond acceptors (Lipinski definition) is 1. The minimum absolute atomic E-state index is 0.352. The van der Waals surface area contributed by atoms with Crippen molar-refractivity contribution in [3.05, 3.63) is 29.1 Å². The van der Waals surface area contributed by atoms with Gasteiger partial charge in [-0.2, -0.15) is 0 Å². The average Bonchev–Trinajstić information content (AvgIpc) is 2.46. The molecule has 0 spiro atoms. The Morgan fingerprint density at radius 3 is 2.86 bits per heavy atom. The molecule has 0 aliphatic heterocycles. The number of carbonyl (C=O) groups is 1. The van der Waals surface area contributed by atoms with Gasteiger partial charge in [0, 0.05) is 12.7 Å². The quantitative estimate of drug-likeness (QED) is 0.716. The molecule has 0 atom stereocenters. The minimum atomic E-state index is -0.352. The second kappa shape index (κ2) is 3.01. The van der Waals surface area contributed by atoms with E-state index in [1.165, 1.54) is 16.8 Å². The Hall–Kier alpha value is -1.51. The van der Waals surface area contributed by atoms with Crippen molar-refractivity contribution in [2.24, 2.45) is 12.8 Å². The highest BCUT2D eigenvalue weighted by Crippen LogP contribution is 2.28. The third kappa shape index (κ3) is 1.16. The molecule has 1 heterocycles. The van der Waals surface area contributed by atoms with Crippen molar-refractivity contribution < 1.29 is 4.79 Å². The van der Waals surface area contributed by atoms with Crippen LogP contribution in [0.5, 0.6) is 0 Å². The number of rotatable bonds is 1. The maximum Gasteiger partial charge on any atom is 0.265 e. The van der Waals surface area contributed by atoms with E-state index < -0.39 is 0 Å². The number of nitrogens with zero attached hydrogens (tertiary/aromatic N) is 1. The number of nitrogens with two attached hydrogens (primary N) is 1. The summed E-state index contributed by atoms with van der Waals surface area (Å²) < 4.78 is 1.91. The van der Waals surface area contributed by atoms with Crippen LogP contribution in [-0.2, 0) is 13.5 Å². The Labute approximate surface area is 83.2 Å². The minimum Gasteiger partial charge on any atom is -0.364 e. The fourth-order valence-electron chi connectivity index (χ4n) is 2.06. The van der Waals surface area contributed by atoms with Gasteiger partial charge in [0.1, 0.15) is 5.69 Å². The second-order valence-electron chi connectivity index (χ2n) is 3.74. The molecule has 2 N–H and O–H groups in total. The molecule has 3 nitrogen and oxygen atoms in total. The SMILES string of the molecule is CC1=CCCc2c1cc(C(N)=O)n2C. The van der Waals surface area contributed by atoms with E-state index in [9.17, 15) is 4.79 Å². The topological polar surface area (TPSA) is 48.0 Å². The molecule has 0 radical (unpaired) electrons. The summed E-state index contributed by atoms with van der Waals surface area (Å²) in [6, 6.07) is 1.89. The summed E-state index contributed by atoms with van der Waals surface area (Å²) in [5, 5.41) is 0. The average molecular weight is 190 g/mol. The summed E-state index contributed by atoms with van der Waals surface area (Å²) in [6.45, 7) is 2.07. The van der Waals surface area contributed by atoms with Gasteiger partial charge in [0.15, 0.2) is 0 Å². The van der Waals surface area contributed by atoms with Gasteiger partial charge in [-0.3, -0.25) is 4.79 Å². The van der Waals surface area contributed by atoms with E-state index in [-0.39, 0.29) is 5.91 Å². The van der Waals surface area contributed by atoms with Gasteiger partial charge in [0.05, 0.1) is 0 Å². The molecule has 3 heteroatoms. The van der Waals surface area contributed by atoms with Crippen LogP contribution in [0.4, 0.5) is 0 Å². The van der Waals surface area contributed by atoms with Crippen LogP contribution < -0.4 is 5.73 Å². The van der Waals surface area contributed by atoms with Crippen LogP contribution in [0.15, 0.2) is 12.1 Å². The first-order chi connectivity index (χ1) is 6.61. The molecule has 0 bridgehead atoms. The van der Waals surface area contributed by atoms with Gasteiger partial charge in [-0.15, -0.1) is 0 Å². The van der Waals surface area contributed by atoms with Gasteiger partial charge in [0.25, 0.3) is 5.91 Å². The molecule has 1 aliphatic carbocycles. The van der Waals surface area contributed by atoms with Gasteiger partial charge in [0.2, 0.25) is 0 Å². The van der Waals surface area contributed by atoms with Crippen molar-refractivity contribution in [1.82, 2.24) is 4.57 Å². The monoisotopic (exact) mass is 190 g/mol. The molecular formula is C11H14N2O. The predicted molar refractivity (Wildman–Crippen MR) is 55.9 cm³/mol. The van der Waals surface area contributed by atoms with E-state index in [2.05, 4.69) is 13.0 Å². The van der Waals surface area contributed by atoms with Crippen molar-refractivity contribution in [3.8, 4) is 0 Å². The summed E-state index contributed by atoms with van der Waals surface area (Å²) in [7, 11) is 1.90. The Balaban J connectivity index is 2.62. The van der Waals surface area contributed by atoms with Crippen molar-refractivity contribution in [2.75, 3.05) is 0 Å². The zero-order valence-electron chi connectivity index (χ0n) is 8.50. The third-order valence-electron chi connectivity index (χ3n) is 2.87. The first kappa shape index (κ1) is 9.06. The first-order valence-corrected chi connectivity index (χ1v) is 4.77. The second-order valence-corrected chi connectivity index (χ2v) is 3.74. The maximum absolute atomic E-state index is 11.1. The summed E-state index contributed by atoms with van der Waals surface area (Å²) >= 11 is 0. The van der Waals surface area contributed by atoms with E-state index >= 15 is 0 Å². The molecule has 1 amide bonds. The zero-order valence-corrected chi connectivity index (χ0v) is 8.50. The van der Waals surface area contributed by atoms with Crippen LogP contribution in [0.25, 0.3) is 5.57 Å². The van der Waals surface area contributed by atoms with Crippen molar-refractivity contribution in [3.63, 3.8) is 0 Å². The van der Waals surface area contributed by atoms with Crippen LogP contribution >= 0.6 is 0 Å². The maximum atomic E-state index is 11.1. The Morgan fingerprint density at radius 1 is 1.57 bits per heavy atom. The van der Waals surface area contributed by atoms with E-state index in [1.807, 2.05) is 17.7 Å². The van der Waals surface area contributed by atoms with Gasteiger partial charge in [-0.05, 0) is 37.0 Å². The number of amides is 1. The normalized spacial score (nSPS) is 14.9. The molecular weight excluding hydrogens is 176 g/mol. The molecule has 1 aromatic rings. The van der Waals surface area contributed by atoms with Crippen LogP contribution in [0.2, 0.25) is 0 Å². The van der Waals surface area contributed by atoms with Gasteiger partial charge in [-0.1, -0.05) is 6.08 Å². The molecule has 0 saturated carbocycles. The number of fused-ring (bicyclic) bond motifs is 1. The summed E-state index contributed by atoms with van der Waals surface area (Å²) in [5.41, 5.74) is 9.53. The molecule has 0 fully saturated rings. The molecule has 1 aliphatic rings. The third-order valence-corrected chi connectivity index (χ3v) is 2.87. The number of carbonyl (C=O) groups excluding carboxylic acids is 1. The van der Waals surface area contributed by atoms with E-state index in [1.54, 1.807) is 0 Å².